The fraction of sp³-hybridized carbons (Fsp3) is 0.421. The normalized spacial score (nSPS) is 15.2. The lowest BCUT2D eigenvalue weighted by molar-refractivity contribution is 0.0376. The number of aryl methyl sites for hydroxylation is 1. The van der Waals surface area contributed by atoms with Gasteiger partial charge in [0, 0.05) is 37.3 Å². The van der Waals surface area contributed by atoms with Crippen LogP contribution in [0.3, 0.4) is 0 Å². The van der Waals surface area contributed by atoms with Crippen molar-refractivity contribution >= 4 is 44.2 Å². The molecule has 0 saturated carbocycles. The molecular formula is C19H21ClN4O3S. The zero-order chi connectivity index (χ0) is 19.5. The van der Waals surface area contributed by atoms with Crippen LogP contribution in [0.15, 0.2) is 28.8 Å². The summed E-state index contributed by atoms with van der Waals surface area (Å²) in [4.78, 5) is 21.8. The van der Waals surface area contributed by atoms with Crippen molar-refractivity contribution in [3.8, 4) is 0 Å². The molecule has 1 aliphatic rings. The van der Waals surface area contributed by atoms with Gasteiger partial charge >= 0.3 is 0 Å². The van der Waals surface area contributed by atoms with Crippen LogP contribution in [0, 0.1) is 6.92 Å². The molecule has 0 bridgehead atoms. The van der Waals surface area contributed by atoms with Crippen molar-refractivity contribution in [3.63, 3.8) is 0 Å². The topological polar surface area (TPSA) is 71.7 Å². The summed E-state index contributed by atoms with van der Waals surface area (Å²) in [6.45, 7) is 6.62. The number of halogens is 1. The molecule has 1 saturated heterocycles. The highest BCUT2D eigenvalue weighted by atomic mass is 35.5. The lowest BCUT2D eigenvalue weighted by Gasteiger charge is -2.27. The number of fused-ring (bicyclic) bond motifs is 1. The molecule has 7 nitrogen and oxygen atoms in total. The summed E-state index contributed by atoms with van der Waals surface area (Å²) in [5, 5.41) is 5.13. The molecule has 0 atom stereocenters. The van der Waals surface area contributed by atoms with Gasteiger partial charge in [0.2, 0.25) is 5.76 Å². The number of benzene rings is 1. The van der Waals surface area contributed by atoms with Crippen LogP contribution in [-0.4, -0.2) is 60.3 Å². The molecule has 3 heterocycles. The van der Waals surface area contributed by atoms with Crippen LogP contribution in [0.1, 0.15) is 22.7 Å². The largest absolute Gasteiger partial charge is 0.379 e. The average molecular weight is 421 g/mol. The van der Waals surface area contributed by atoms with Crippen molar-refractivity contribution in [2.24, 2.45) is 0 Å². The van der Waals surface area contributed by atoms with E-state index in [0.717, 1.165) is 49.5 Å². The summed E-state index contributed by atoms with van der Waals surface area (Å²) in [5.41, 5.74) is 1.50. The van der Waals surface area contributed by atoms with Gasteiger partial charge in [0.25, 0.3) is 5.91 Å². The Bertz CT molecular complexity index is 967. The van der Waals surface area contributed by atoms with Crippen LogP contribution in [0.25, 0.3) is 10.2 Å². The minimum Gasteiger partial charge on any atom is -0.379 e. The van der Waals surface area contributed by atoms with E-state index in [-0.39, 0.29) is 11.7 Å². The van der Waals surface area contributed by atoms with Gasteiger partial charge in [-0.05, 0) is 31.5 Å². The number of ether oxygens (including phenoxy) is 1. The zero-order valence-electron chi connectivity index (χ0n) is 15.6. The molecule has 1 aromatic carbocycles. The van der Waals surface area contributed by atoms with E-state index >= 15 is 0 Å². The van der Waals surface area contributed by atoms with Crippen molar-refractivity contribution in [1.29, 1.82) is 0 Å². The second kappa shape index (κ2) is 8.57. The van der Waals surface area contributed by atoms with Gasteiger partial charge in [-0.3, -0.25) is 14.6 Å². The number of rotatable bonds is 6. The predicted molar refractivity (Wildman–Crippen MR) is 109 cm³/mol. The Kier molecular flexibility index (Phi) is 5.91. The lowest BCUT2D eigenvalue weighted by Crippen LogP contribution is -2.39. The van der Waals surface area contributed by atoms with Crippen molar-refractivity contribution in [2.45, 2.75) is 13.3 Å². The summed E-state index contributed by atoms with van der Waals surface area (Å²) in [6, 6.07) is 7.19. The molecule has 0 spiro atoms. The van der Waals surface area contributed by atoms with Gasteiger partial charge in [0.15, 0.2) is 5.13 Å². The maximum Gasteiger partial charge on any atom is 0.298 e. The summed E-state index contributed by atoms with van der Waals surface area (Å²) in [7, 11) is 0. The number of thiazole rings is 1. The first-order valence-corrected chi connectivity index (χ1v) is 10.4. The van der Waals surface area contributed by atoms with Gasteiger partial charge in [-0.2, -0.15) is 0 Å². The van der Waals surface area contributed by atoms with E-state index < -0.39 is 0 Å². The van der Waals surface area contributed by atoms with Crippen molar-refractivity contribution in [1.82, 2.24) is 15.0 Å². The van der Waals surface area contributed by atoms with E-state index in [1.54, 1.807) is 24.0 Å². The molecule has 1 fully saturated rings. The highest BCUT2D eigenvalue weighted by molar-refractivity contribution is 7.22. The van der Waals surface area contributed by atoms with Crippen LogP contribution in [-0.2, 0) is 4.74 Å². The quantitative estimate of drug-likeness (QED) is 0.606. The molecule has 9 heteroatoms. The van der Waals surface area contributed by atoms with Crippen LogP contribution in [0.5, 0.6) is 0 Å². The van der Waals surface area contributed by atoms with E-state index in [1.165, 1.54) is 11.3 Å². The van der Waals surface area contributed by atoms with Gasteiger partial charge in [-0.15, -0.1) is 0 Å². The number of nitrogens with zero attached hydrogens (tertiary/aromatic N) is 4. The van der Waals surface area contributed by atoms with E-state index in [1.807, 2.05) is 12.1 Å². The van der Waals surface area contributed by atoms with Gasteiger partial charge in [0.1, 0.15) is 0 Å². The first kappa shape index (κ1) is 19.3. The number of morpholine rings is 1. The van der Waals surface area contributed by atoms with Crippen LogP contribution >= 0.6 is 22.9 Å². The first-order valence-electron chi connectivity index (χ1n) is 9.21. The zero-order valence-corrected chi connectivity index (χ0v) is 17.1. The van der Waals surface area contributed by atoms with E-state index in [0.29, 0.717) is 22.4 Å². The number of hydrogen-bond donors (Lipinski definition) is 0. The molecule has 148 valence electrons. The monoisotopic (exact) mass is 420 g/mol. The molecule has 0 N–H and O–H groups in total. The fourth-order valence-electron chi connectivity index (χ4n) is 3.16. The third kappa shape index (κ3) is 4.35. The number of aromatic nitrogens is 2. The Morgan fingerprint density at radius 1 is 1.32 bits per heavy atom. The van der Waals surface area contributed by atoms with Gasteiger partial charge in [-0.1, -0.05) is 28.1 Å². The molecule has 0 aliphatic carbocycles. The highest BCUT2D eigenvalue weighted by Crippen LogP contribution is 2.31. The maximum atomic E-state index is 13.1. The molecule has 28 heavy (non-hydrogen) atoms. The Labute approximate surface area is 171 Å². The smallest absolute Gasteiger partial charge is 0.298 e. The summed E-state index contributed by atoms with van der Waals surface area (Å²) >= 11 is 7.55. The van der Waals surface area contributed by atoms with Gasteiger partial charge in [-0.25, -0.2) is 4.98 Å². The summed E-state index contributed by atoms with van der Waals surface area (Å²) < 4.78 is 11.5. The molecular weight excluding hydrogens is 400 g/mol. The second-order valence-electron chi connectivity index (χ2n) is 6.71. The molecule has 1 aliphatic heterocycles. The third-order valence-corrected chi connectivity index (χ3v) is 5.89. The lowest BCUT2D eigenvalue weighted by atomic mass is 10.3. The van der Waals surface area contributed by atoms with E-state index in [9.17, 15) is 4.79 Å². The number of anilines is 1. The Morgan fingerprint density at radius 3 is 2.89 bits per heavy atom. The van der Waals surface area contributed by atoms with Crippen molar-refractivity contribution < 1.29 is 14.1 Å². The van der Waals surface area contributed by atoms with Gasteiger partial charge < -0.3 is 9.26 Å². The second-order valence-corrected chi connectivity index (χ2v) is 8.15. The predicted octanol–water partition coefficient (Wildman–Crippen LogP) is 3.62. The minimum absolute atomic E-state index is 0.223. The van der Waals surface area contributed by atoms with Crippen LogP contribution in [0.4, 0.5) is 5.13 Å². The fourth-order valence-corrected chi connectivity index (χ4v) is 4.43. The van der Waals surface area contributed by atoms with Crippen molar-refractivity contribution in [2.75, 3.05) is 44.3 Å². The number of amides is 1. The van der Waals surface area contributed by atoms with Gasteiger partial charge in [0.05, 0.1) is 29.1 Å². The molecule has 2 aromatic heterocycles. The SMILES string of the molecule is Cc1cc(C(=O)N(CCCN2CCOCC2)c2nc3ccc(Cl)cc3s2)on1. The average Bonchev–Trinajstić information content (AvgIpc) is 3.31. The Balaban J connectivity index is 1.55. The standard InChI is InChI=1S/C19H21ClN4O3S/c1-13-11-16(27-22-13)18(25)24(6-2-5-23-7-9-26-10-8-23)19-21-15-4-3-14(20)12-17(15)28-19/h3-4,11-12H,2,5-10H2,1H3. The van der Waals surface area contributed by atoms with E-state index in [2.05, 4.69) is 15.0 Å². The molecule has 3 aromatic rings. The first-order chi connectivity index (χ1) is 13.6. The van der Waals surface area contributed by atoms with E-state index in [4.69, 9.17) is 20.9 Å². The number of hydrogen-bond acceptors (Lipinski definition) is 7. The number of carbonyl (C=O) groups excluding carboxylic acids is 1. The third-order valence-electron chi connectivity index (χ3n) is 4.61. The molecule has 4 rings (SSSR count). The van der Waals surface area contributed by atoms with Crippen LogP contribution < -0.4 is 4.90 Å². The number of carbonyl (C=O) groups is 1. The Morgan fingerprint density at radius 2 is 2.14 bits per heavy atom. The Hall–Kier alpha value is -2.00. The van der Waals surface area contributed by atoms with Crippen LogP contribution in [0.2, 0.25) is 5.02 Å². The molecule has 0 radical (unpaired) electrons. The molecule has 0 unspecified atom stereocenters. The summed E-state index contributed by atoms with van der Waals surface area (Å²) in [5.74, 6) is -0.00566. The minimum atomic E-state index is -0.229. The highest BCUT2D eigenvalue weighted by Gasteiger charge is 2.25. The molecule has 1 amide bonds. The maximum absolute atomic E-state index is 13.1. The summed E-state index contributed by atoms with van der Waals surface area (Å²) in [6.07, 6.45) is 0.829. The van der Waals surface area contributed by atoms with Crippen molar-refractivity contribution in [3.05, 3.63) is 40.7 Å².